The standard InChI is InChI=1S/C25H29F2N3O4/c1-15(2)20(28-24(33)34-25(3,4)5)22(31)29-14-16-10-6-7-11-17(16)21(29)23(32)30(27)19-13-9-8-12-18(19)26/h6-13,15,20-21H,14H2,1-5H3,(H,28,33)/t20-,21-/m0/s1. The second kappa shape index (κ2) is 9.79. The summed E-state index contributed by atoms with van der Waals surface area (Å²) >= 11 is 0. The number of amides is 3. The molecule has 2 aromatic carbocycles. The molecule has 2 aromatic rings. The number of anilines is 1. The summed E-state index contributed by atoms with van der Waals surface area (Å²) in [4.78, 5) is 40.4. The van der Waals surface area contributed by atoms with Crippen molar-refractivity contribution >= 4 is 23.6 Å². The lowest BCUT2D eigenvalue weighted by Gasteiger charge is -2.32. The molecular weight excluding hydrogens is 444 g/mol. The highest BCUT2D eigenvalue weighted by molar-refractivity contribution is 6.00. The third-order valence-electron chi connectivity index (χ3n) is 5.38. The van der Waals surface area contributed by atoms with Gasteiger partial charge in [0.25, 0.3) is 5.91 Å². The molecule has 34 heavy (non-hydrogen) atoms. The van der Waals surface area contributed by atoms with E-state index < -0.39 is 47.1 Å². The van der Waals surface area contributed by atoms with Gasteiger partial charge in [0.2, 0.25) is 5.91 Å². The van der Waals surface area contributed by atoms with E-state index in [2.05, 4.69) is 5.32 Å². The van der Waals surface area contributed by atoms with Crippen LogP contribution in [0.15, 0.2) is 48.5 Å². The molecule has 0 bridgehead atoms. The van der Waals surface area contributed by atoms with Crippen molar-refractivity contribution in [2.75, 3.05) is 5.12 Å². The number of carbonyl (C=O) groups excluding carboxylic acids is 3. The van der Waals surface area contributed by atoms with Crippen molar-refractivity contribution < 1.29 is 28.0 Å². The number of nitrogens with zero attached hydrogens (tertiary/aromatic N) is 2. The Kier molecular flexibility index (Phi) is 7.24. The minimum atomic E-state index is -1.32. The van der Waals surface area contributed by atoms with Crippen LogP contribution >= 0.6 is 0 Å². The third kappa shape index (κ3) is 5.35. The van der Waals surface area contributed by atoms with Crippen molar-refractivity contribution in [1.29, 1.82) is 0 Å². The number of alkyl carbamates (subject to hydrolysis) is 1. The zero-order valence-electron chi connectivity index (χ0n) is 19.8. The molecule has 0 radical (unpaired) electrons. The molecule has 3 amide bonds. The van der Waals surface area contributed by atoms with Crippen molar-refractivity contribution in [2.45, 2.75) is 58.8 Å². The maximum absolute atomic E-state index is 15.1. The zero-order chi connectivity index (χ0) is 25.2. The smallest absolute Gasteiger partial charge is 0.408 e. The third-order valence-corrected chi connectivity index (χ3v) is 5.38. The fourth-order valence-corrected chi connectivity index (χ4v) is 3.82. The SMILES string of the molecule is CC(C)[C@H](NC(=O)OC(C)(C)C)C(=O)N1Cc2ccccc2[C@H]1C(=O)N(F)c1ccccc1F. The van der Waals surface area contributed by atoms with Gasteiger partial charge in [-0.1, -0.05) is 54.7 Å². The van der Waals surface area contributed by atoms with Crippen LogP contribution in [0.2, 0.25) is 0 Å². The number of hydrogen-bond donors (Lipinski definition) is 1. The van der Waals surface area contributed by atoms with Crippen LogP contribution in [0.5, 0.6) is 0 Å². The summed E-state index contributed by atoms with van der Waals surface area (Å²) in [5.74, 6) is -2.94. The van der Waals surface area contributed by atoms with Crippen molar-refractivity contribution in [3.05, 3.63) is 65.5 Å². The normalized spacial score (nSPS) is 16.1. The predicted octanol–water partition coefficient (Wildman–Crippen LogP) is 4.68. The number of rotatable bonds is 5. The fraction of sp³-hybridized carbons (Fsp3) is 0.400. The van der Waals surface area contributed by atoms with Gasteiger partial charge < -0.3 is 15.0 Å². The summed E-state index contributed by atoms with van der Waals surface area (Å²) < 4.78 is 34.6. The molecule has 3 rings (SSSR count). The fourth-order valence-electron chi connectivity index (χ4n) is 3.82. The van der Waals surface area contributed by atoms with Crippen molar-refractivity contribution in [2.24, 2.45) is 5.92 Å². The molecular formula is C25H29F2N3O4. The van der Waals surface area contributed by atoms with E-state index in [-0.39, 0.29) is 17.6 Å². The highest BCUT2D eigenvalue weighted by Gasteiger charge is 2.44. The number of para-hydroxylation sites is 1. The number of benzene rings is 2. The van der Waals surface area contributed by atoms with E-state index in [0.29, 0.717) is 11.1 Å². The summed E-state index contributed by atoms with van der Waals surface area (Å²) in [6.45, 7) is 8.60. The second-order valence-corrected chi connectivity index (χ2v) is 9.51. The Bertz CT molecular complexity index is 1080. The molecule has 0 aromatic heterocycles. The summed E-state index contributed by atoms with van der Waals surface area (Å²) in [6.07, 6.45) is -0.780. The Hall–Kier alpha value is -3.49. The zero-order valence-corrected chi connectivity index (χ0v) is 19.8. The summed E-state index contributed by atoms with van der Waals surface area (Å²) in [7, 11) is 0. The van der Waals surface area contributed by atoms with E-state index >= 15 is 4.48 Å². The largest absolute Gasteiger partial charge is 0.444 e. The Morgan fingerprint density at radius 3 is 2.32 bits per heavy atom. The van der Waals surface area contributed by atoms with Crippen molar-refractivity contribution in [1.82, 2.24) is 10.2 Å². The van der Waals surface area contributed by atoms with Crippen LogP contribution in [-0.4, -0.2) is 34.5 Å². The number of halogens is 2. The average molecular weight is 474 g/mol. The topological polar surface area (TPSA) is 79.0 Å². The maximum Gasteiger partial charge on any atom is 0.408 e. The van der Waals surface area contributed by atoms with Crippen LogP contribution in [0.25, 0.3) is 0 Å². The van der Waals surface area contributed by atoms with Crippen LogP contribution in [0.3, 0.4) is 0 Å². The van der Waals surface area contributed by atoms with Gasteiger partial charge in [-0.25, -0.2) is 9.18 Å². The molecule has 0 fully saturated rings. The van der Waals surface area contributed by atoms with Gasteiger partial charge in [-0.3, -0.25) is 9.59 Å². The van der Waals surface area contributed by atoms with Crippen LogP contribution in [0, 0.1) is 11.7 Å². The highest BCUT2D eigenvalue weighted by Crippen LogP contribution is 2.37. The van der Waals surface area contributed by atoms with Gasteiger partial charge >= 0.3 is 6.09 Å². The van der Waals surface area contributed by atoms with Gasteiger partial charge in [0.1, 0.15) is 29.2 Å². The van der Waals surface area contributed by atoms with E-state index in [1.807, 2.05) is 0 Å². The van der Waals surface area contributed by atoms with Gasteiger partial charge in [0.15, 0.2) is 0 Å². The van der Waals surface area contributed by atoms with E-state index in [9.17, 15) is 18.8 Å². The Morgan fingerprint density at radius 2 is 1.71 bits per heavy atom. The minimum absolute atomic E-state index is 0.0374. The quantitative estimate of drug-likeness (QED) is 0.640. The van der Waals surface area contributed by atoms with E-state index in [1.165, 1.54) is 17.0 Å². The second-order valence-electron chi connectivity index (χ2n) is 9.51. The lowest BCUT2D eigenvalue weighted by Crippen LogP contribution is -2.53. The highest BCUT2D eigenvalue weighted by atomic mass is 19.2. The molecule has 1 heterocycles. The van der Waals surface area contributed by atoms with Crippen LogP contribution in [0.1, 0.15) is 51.8 Å². The van der Waals surface area contributed by atoms with E-state index in [1.54, 1.807) is 58.9 Å². The number of ether oxygens (including phenoxy) is 1. The summed E-state index contributed by atoms with van der Waals surface area (Å²) in [5.41, 5.74) is -0.210. The van der Waals surface area contributed by atoms with Crippen LogP contribution in [-0.2, 0) is 20.9 Å². The molecule has 1 N–H and O–H groups in total. The first-order chi connectivity index (χ1) is 15.9. The molecule has 0 saturated carbocycles. The summed E-state index contributed by atoms with van der Waals surface area (Å²) in [5, 5.41) is 2.31. The molecule has 2 atom stereocenters. The molecule has 0 aliphatic carbocycles. The van der Waals surface area contributed by atoms with Gasteiger partial charge in [0.05, 0.1) is 0 Å². The Labute approximate surface area is 197 Å². The van der Waals surface area contributed by atoms with E-state index in [4.69, 9.17) is 4.74 Å². The number of hydrogen-bond acceptors (Lipinski definition) is 4. The Balaban J connectivity index is 1.93. The van der Waals surface area contributed by atoms with Crippen molar-refractivity contribution in [3.8, 4) is 0 Å². The molecule has 0 unspecified atom stereocenters. The van der Waals surface area contributed by atoms with Gasteiger partial charge in [0, 0.05) is 6.54 Å². The van der Waals surface area contributed by atoms with Gasteiger partial charge in [-0.05, 0) is 49.9 Å². The number of fused-ring (bicyclic) bond motifs is 1. The Morgan fingerprint density at radius 1 is 1.09 bits per heavy atom. The molecule has 182 valence electrons. The molecule has 1 aliphatic rings. The summed E-state index contributed by atoms with van der Waals surface area (Å²) in [6, 6.07) is 9.41. The molecule has 9 heteroatoms. The van der Waals surface area contributed by atoms with Crippen molar-refractivity contribution in [3.63, 3.8) is 0 Å². The lowest BCUT2D eigenvalue weighted by atomic mass is 10.0. The predicted molar refractivity (Wildman–Crippen MR) is 123 cm³/mol. The lowest BCUT2D eigenvalue weighted by molar-refractivity contribution is -0.142. The van der Waals surface area contributed by atoms with Gasteiger partial charge in [-0.2, -0.15) is 0 Å². The number of carbonyl (C=O) groups is 3. The van der Waals surface area contributed by atoms with Crippen LogP contribution in [0.4, 0.5) is 19.4 Å². The van der Waals surface area contributed by atoms with Crippen LogP contribution < -0.4 is 10.4 Å². The first kappa shape index (κ1) is 25.1. The maximum atomic E-state index is 15.1. The van der Waals surface area contributed by atoms with E-state index in [0.717, 1.165) is 12.1 Å². The number of nitrogens with one attached hydrogen (secondary N) is 1. The minimum Gasteiger partial charge on any atom is -0.444 e. The molecule has 1 aliphatic heterocycles. The first-order valence-corrected chi connectivity index (χ1v) is 11.0. The first-order valence-electron chi connectivity index (χ1n) is 11.0. The molecule has 7 nitrogen and oxygen atoms in total. The molecule has 0 spiro atoms. The van der Waals surface area contributed by atoms with Gasteiger partial charge in [-0.15, -0.1) is 5.12 Å². The molecule has 0 saturated heterocycles. The average Bonchev–Trinajstić information content (AvgIpc) is 3.14. The monoisotopic (exact) mass is 473 g/mol.